The van der Waals surface area contributed by atoms with Gasteiger partial charge in [0, 0.05) is 48.5 Å². The molecule has 3 aromatic heterocycles. The zero-order valence-electron chi connectivity index (χ0n) is 17.7. The number of imidazole rings is 1. The summed E-state index contributed by atoms with van der Waals surface area (Å²) in [6, 6.07) is 18.2. The van der Waals surface area contributed by atoms with Crippen LogP contribution in [-0.2, 0) is 18.3 Å². The van der Waals surface area contributed by atoms with E-state index in [9.17, 15) is 4.79 Å². The Kier molecular flexibility index (Phi) is 5.56. The fourth-order valence-corrected chi connectivity index (χ4v) is 4.90. The maximum Gasteiger partial charge on any atom is 0.226 e. The number of aromatic nitrogens is 4. The fourth-order valence-electron chi connectivity index (χ4n) is 3.86. The third-order valence-electron chi connectivity index (χ3n) is 5.47. The number of amides is 1. The van der Waals surface area contributed by atoms with Crippen LogP contribution in [0.25, 0.3) is 32.9 Å². The van der Waals surface area contributed by atoms with Gasteiger partial charge in [-0.25, -0.2) is 9.97 Å². The van der Waals surface area contributed by atoms with Crippen molar-refractivity contribution in [2.75, 3.05) is 5.32 Å². The first kappa shape index (κ1) is 20.2. The van der Waals surface area contributed by atoms with Crippen LogP contribution in [-0.4, -0.2) is 25.4 Å². The van der Waals surface area contributed by atoms with Crippen LogP contribution in [0, 0.1) is 0 Å². The monoisotopic (exact) mass is 441 g/mol. The van der Waals surface area contributed by atoms with E-state index in [1.54, 1.807) is 6.20 Å². The van der Waals surface area contributed by atoms with Crippen LogP contribution < -0.4 is 5.32 Å². The number of benzene rings is 2. The molecule has 0 aliphatic heterocycles. The van der Waals surface area contributed by atoms with E-state index >= 15 is 0 Å². The quantitative estimate of drug-likeness (QED) is 0.342. The number of aryl methyl sites for hydroxylation is 2. The fraction of sp³-hybridized carbons (Fsp3) is 0.160. The first-order valence-electron chi connectivity index (χ1n) is 10.6. The molecule has 0 bridgehead atoms. The summed E-state index contributed by atoms with van der Waals surface area (Å²) in [6.07, 6.45) is 7.78. The van der Waals surface area contributed by atoms with Gasteiger partial charge >= 0.3 is 0 Å². The third kappa shape index (κ3) is 4.07. The number of aromatic amines is 1. The number of anilines is 1. The van der Waals surface area contributed by atoms with Crippen molar-refractivity contribution < 1.29 is 4.79 Å². The highest BCUT2D eigenvalue weighted by Gasteiger charge is 2.19. The standard InChI is InChI=1S/C25H23N5OS/c1-30-15-14-26-24(30)23-22(17-8-3-2-4-9-17)29-25(32-23)28-21(31)13-7-10-18-16-27-20-12-6-5-11-19(18)20/h2-6,8-9,11-12,14-16,27H,7,10,13H2,1H3,(H,28,29,31). The van der Waals surface area contributed by atoms with Gasteiger partial charge in [-0.2, -0.15) is 0 Å². The van der Waals surface area contributed by atoms with Gasteiger partial charge in [-0.15, -0.1) is 0 Å². The van der Waals surface area contributed by atoms with Crippen molar-refractivity contribution in [3.8, 4) is 22.0 Å². The average molecular weight is 442 g/mol. The van der Waals surface area contributed by atoms with Crippen molar-refractivity contribution in [2.45, 2.75) is 19.3 Å². The minimum atomic E-state index is -0.0235. The van der Waals surface area contributed by atoms with Crippen molar-refractivity contribution in [2.24, 2.45) is 7.05 Å². The molecule has 160 valence electrons. The molecular formula is C25H23N5OS. The van der Waals surface area contributed by atoms with Crippen molar-refractivity contribution in [1.29, 1.82) is 0 Å². The van der Waals surface area contributed by atoms with E-state index in [-0.39, 0.29) is 5.91 Å². The molecule has 0 spiro atoms. The van der Waals surface area contributed by atoms with Crippen molar-refractivity contribution in [1.82, 2.24) is 19.5 Å². The van der Waals surface area contributed by atoms with E-state index in [2.05, 4.69) is 27.4 Å². The average Bonchev–Trinajstić information content (AvgIpc) is 3.53. The number of fused-ring (bicyclic) bond motifs is 1. The Balaban J connectivity index is 1.30. The van der Waals surface area contributed by atoms with Gasteiger partial charge in [0.05, 0.1) is 10.6 Å². The summed E-state index contributed by atoms with van der Waals surface area (Å²) in [4.78, 5) is 26.1. The molecule has 6 nitrogen and oxygen atoms in total. The molecule has 3 heterocycles. The van der Waals surface area contributed by atoms with Crippen LogP contribution in [0.1, 0.15) is 18.4 Å². The molecule has 1 amide bonds. The lowest BCUT2D eigenvalue weighted by atomic mass is 10.1. The number of nitrogens with one attached hydrogen (secondary N) is 2. The first-order valence-corrected chi connectivity index (χ1v) is 11.4. The molecule has 5 rings (SSSR count). The summed E-state index contributed by atoms with van der Waals surface area (Å²) in [5.41, 5.74) is 4.21. The summed E-state index contributed by atoms with van der Waals surface area (Å²) in [5.74, 6) is 0.811. The molecule has 0 saturated carbocycles. The Morgan fingerprint density at radius 1 is 1.12 bits per heavy atom. The number of hydrogen-bond donors (Lipinski definition) is 2. The largest absolute Gasteiger partial charge is 0.361 e. The molecule has 0 atom stereocenters. The van der Waals surface area contributed by atoms with Gasteiger partial charge in [0.25, 0.3) is 0 Å². The Morgan fingerprint density at radius 2 is 1.94 bits per heavy atom. The summed E-state index contributed by atoms with van der Waals surface area (Å²) in [6.45, 7) is 0. The van der Waals surface area contributed by atoms with Crippen LogP contribution in [0.4, 0.5) is 5.13 Å². The predicted octanol–water partition coefficient (Wildman–Crippen LogP) is 5.65. The topological polar surface area (TPSA) is 75.6 Å². The number of nitrogens with zero attached hydrogens (tertiary/aromatic N) is 3. The van der Waals surface area contributed by atoms with Crippen LogP contribution in [0.3, 0.4) is 0 Å². The molecule has 5 aromatic rings. The molecule has 0 unspecified atom stereocenters. The highest BCUT2D eigenvalue weighted by molar-refractivity contribution is 7.19. The van der Waals surface area contributed by atoms with Gasteiger partial charge in [-0.3, -0.25) is 4.79 Å². The molecule has 0 aliphatic rings. The van der Waals surface area contributed by atoms with Crippen LogP contribution in [0.2, 0.25) is 0 Å². The Hall–Kier alpha value is -3.71. The summed E-state index contributed by atoms with van der Waals surface area (Å²) < 4.78 is 1.97. The lowest BCUT2D eigenvalue weighted by Crippen LogP contribution is -2.11. The van der Waals surface area contributed by atoms with Crippen molar-refractivity contribution >= 4 is 33.3 Å². The third-order valence-corrected chi connectivity index (χ3v) is 6.44. The van der Waals surface area contributed by atoms with E-state index in [0.29, 0.717) is 11.6 Å². The van der Waals surface area contributed by atoms with E-state index in [0.717, 1.165) is 40.3 Å². The number of para-hydroxylation sites is 1. The van der Waals surface area contributed by atoms with E-state index in [1.807, 2.05) is 66.5 Å². The molecule has 2 aromatic carbocycles. The maximum atomic E-state index is 12.6. The second kappa shape index (κ2) is 8.80. The van der Waals surface area contributed by atoms with Crippen LogP contribution in [0.5, 0.6) is 0 Å². The highest BCUT2D eigenvalue weighted by atomic mass is 32.1. The molecule has 0 radical (unpaired) electrons. The Morgan fingerprint density at radius 3 is 2.75 bits per heavy atom. The Labute approximate surface area is 190 Å². The molecule has 7 heteroatoms. The number of thiazole rings is 1. The zero-order valence-corrected chi connectivity index (χ0v) is 18.5. The normalized spacial score (nSPS) is 11.2. The Bertz CT molecular complexity index is 1370. The summed E-state index contributed by atoms with van der Waals surface area (Å²) in [7, 11) is 1.96. The minimum absolute atomic E-state index is 0.0235. The van der Waals surface area contributed by atoms with Crippen LogP contribution >= 0.6 is 11.3 Å². The molecular weight excluding hydrogens is 418 g/mol. The van der Waals surface area contributed by atoms with Crippen LogP contribution in [0.15, 0.2) is 73.2 Å². The maximum absolute atomic E-state index is 12.6. The molecule has 2 N–H and O–H groups in total. The van der Waals surface area contributed by atoms with E-state index in [1.165, 1.54) is 22.3 Å². The number of carbonyl (C=O) groups excluding carboxylic acids is 1. The molecule has 0 aliphatic carbocycles. The smallest absolute Gasteiger partial charge is 0.226 e. The highest BCUT2D eigenvalue weighted by Crippen LogP contribution is 2.38. The van der Waals surface area contributed by atoms with Gasteiger partial charge in [0.15, 0.2) is 11.0 Å². The second-order valence-electron chi connectivity index (χ2n) is 7.69. The molecule has 0 saturated heterocycles. The number of rotatable bonds is 7. The van der Waals surface area contributed by atoms with Gasteiger partial charge in [-0.05, 0) is 24.5 Å². The molecule has 32 heavy (non-hydrogen) atoms. The van der Waals surface area contributed by atoms with Gasteiger partial charge < -0.3 is 14.9 Å². The van der Waals surface area contributed by atoms with E-state index in [4.69, 9.17) is 4.98 Å². The number of hydrogen-bond acceptors (Lipinski definition) is 4. The second-order valence-corrected chi connectivity index (χ2v) is 8.68. The summed E-state index contributed by atoms with van der Waals surface area (Å²) >= 11 is 1.46. The number of carbonyl (C=O) groups is 1. The van der Waals surface area contributed by atoms with Crippen molar-refractivity contribution in [3.63, 3.8) is 0 Å². The van der Waals surface area contributed by atoms with Crippen molar-refractivity contribution in [3.05, 3.63) is 78.8 Å². The lowest BCUT2D eigenvalue weighted by Gasteiger charge is -2.02. The van der Waals surface area contributed by atoms with Gasteiger partial charge in [0.2, 0.25) is 5.91 Å². The predicted molar refractivity (Wildman–Crippen MR) is 130 cm³/mol. The summed E-state index contributed by atoms with van der Waals surface area (Å²) in [5, 5.41) is 4.81. The first-order chi connectivity index (χ1) is 15.7. The zero-order chi connectivity index (χ0) is 21.9. The number of H-pyrrole nitrogens is 1. The van der Waals surface area contributed by atoms with E-state index < -0.39 is 0 Å². The molecule has 0 fully saturated rings. The van der Waals surface area contributed by atoms with Gasteiger partial charge in [-0.1, -0.05) is 59.9 Å². The van der Waals surface area contributed by atoms with Gasteiger partial charge in [0.1, 0.15) is 0 Å². The minimum Gasteiger partial charge on any atom is -0.361 e. The SMILES string of the molecule is Cn1ccnc1-c1sc(NC(=O)CCCc2c[nH]c3ccccc23)nc1-c1ccccc1. The lowest BCUT2D eigenvalue weighted by molar-refractivity contribution is -0.116.